The normalized spacial score (nSPS) is 14.9. The Hall–Kier alpha value is -3.22. The number of hydrogen-bond acceptors (Lipinski definition) is 6. The third-order valence-electron chi connectivity index (χ3n) is 4.83. The van der Waals surface area contributed by atoms with E-state index < -0.39 is 0 Å². The summed E-state index contributed by atoms with van der Waals surface area (Å²) in [5.74, 6) is 1.38. The van der Waals surface area contributed by atoms with Gasteiger partial charge in [0.05, 0.1) is 11.2 Å². The third kappa shape index (κ3) is 2.27. The van der Waals surface area contributed by atoms with Crippen LogP contribution in [0, 0.1) is 0 Å². The van der Waals surface area contributed by atoms with Gasteiger partial charge in [0.1, 0.15) is 11.2 Å². The summed E-state index contributed by atoms with van der Waals surface area (Å²) in [4.78, 5) is 21.5. The number of nitrogens with zero attached hydrogens (tertiary/aromatic N) is 4. The standard InChI is InChI=1S/C18H17N7/c19-11-5-7-12-10(8-11)4-6-13(21-12)16-22-14(9-2-1-3-9)15-17(24-16)25-18(20)23-15/h4-9H,1-3,19H2,(H3,20,22,23,24,25). The van der Waals surface area contributed by atoms with Gasteiger partial charge in [0.15, 0.2) is 17.4 Å². The quantitative estimate of drug-likeness (QED) is 0.486. The topological polar surface area (TPSA) is 119 Å². The lowest BCUT2D eigenvalue weighted by molar-refractivity contribution is 0.413. The van der Waals surface area contributed by atoms with Crippen LogP contribution >= 0.6 is 0 Å². The van der Waals surface area contributed by atoms with Crippen molar-refractivity contribution < 1.29 is 0 Å². The Kier molecular flexibility index (Phi) is 2.91. The SMILES string of the molecule is Nc1ccc2nc(-c3nc(C4CCC4)c4[nH]c(N)nc4n3)ccc2c1. The van der Waals surface area contributed by atoms with Gasteiger partial charge >= 0.3 is 0 Å². The number of aromatic nitrogens is 5. The van der Waals surface area contributed by atoms with Gasteiger partial charge in [-0.05, 0) is 37.1 Å². The van der Waals surface area contributed by atoms with E-state index in [1.54, 1.807) is 0 Å². The van der Waals surface area contributed by atoms with Crippen molar-refractivity contribution in [3.63, 3.8) is 0 Å². The molecule has 0 atom stereocenters. The second-order valence-corrected chi connectivity index (χ2v) is 6.53. The minimum absolute atomic E-state index is 0.365. The predicted octanol–water partition coefficient (Wildman–Crippen LogP) is 3.00. The van der Waals surface area contributed by atoms with Crippen molar-refractivity contribution in [3.05, 3.63) is 36.0 Å². The zero-order valence-corrected chi connectivity index (χ0v) is 13.5. The molecule has 1 fully saturated rings. The van der Waals surface area contributed by atoms with Crippen LogP contribution in [-0.4, -0.2) is 24.9 Å². The van der Waals surface area contributed by atoms with E-state index in [2.05, 4.69) is 15.0 Å². The van der Waals surface area contributed by atoms with Crippen LogP contribution in [0.1, 0.15) is 30.9 Å². The van der Waals surface area contributed by atoms with Gasteiger partial charge in [0.2, 0.25) is 0 Å². The van der Waals surface area contributed by atoms with Crippen molar-refractivity contribution in [2.45, 2.75) is 25.2 Å². The Morgan fingerprint density at radius 1 is 0.960 bits per heavy atom. The fourth-order valence-corrected chi connectivity index (χ4v) is 3.30. The molecule has 1 aliphatic carbocycles. The van der Waals surface area contributed by atoms with E-state index in [4.69, 9.17) is 21.4 Å². The first-order valence-electron chi connectivity index (χ1n) is 8.37. The molecule has 0 aliphatic heterocycles. The molecule has 0 amide bonds. The third-order valence-corrected chi connectivity index (χ3v) is 4.83. The minimum Gasteiger partial charge on any atom is -0.399 e. The number of fused-ring (bicyclic) bond motifs is 2. The van der Waals surface area contributed by atoms with Gasteiger partial charge in [-0.25, -0.2) is 15.0 Å². The molecule has 7 heteroatoms. The first-order chi connectivity index (χ1) is 12.2. The summed E-state index contributed by atoms with van der Waals surface area (Å²) in [5.41, 5.74) is 16.4. The van der Waals surface area contributed by atoms with Gasteiger partial charge in [-0.15, -0.1) is 0 Å². The number of benzene rings is 1. The lowest BCUT2D eigenvalue weighted by Crippen LogP contribution is -2.12. The summed E-state index contributed by atoms with van der Waals surface area (Å²) in [6, 6.07) is 9.57. The number of anilines is 2. The molecular formula is C18H17N7. The summed E-state index contributed by atoms with van der Waals surface area (Å²) in [5, 5.41) is 0.994. The van der Waals surface area contributed by atoms with Crippen LogP contribution in [0.5, 0.6) is 0 Å². The maximum absolute atomic E-state index is 5.84. The Bertz CT molecular complexity index is 1110. The number of rotatable bonds is 2. The fourth-order valence-electron chi connectivity index (χ4n) is 3.30. The maximum atomic E-state index is 5.84. The number of hydrogen-bond donors (Lipinski definition) is 3. The number of imidazole rings is 1. The average molecular weight is 331 g/mol. The number of nitrogen functional groups attached to an aromatic ring is 2. The van der Waals surface area contributed by atoms with Crippen LogP contribution in [0.2, 0.25) is 0 Å². The molecule has 7 nitrogen and oxygen atoms in total. The average Bonchev–Trinajstić information content (AvgIpc) is 2.93. The summed E-state index contributed by atoms with van der Waals surface area (Å²) in [6.07, 6.45) is 3.49. The molecule has 25 heavy (non-hydrogen) atoms. The summed E-state index contributed by atoms with van der Waals surface area (Å²) < 4.78 is 0. The van der Waals surface area contributed by atoms with Crippen LogP contribution in [-0.2, 0) is 0 Å². The Morgan fingerprint density at radius 3 is 2.64 bits per heavy atom. The highest BCUT2D eigenvalue weighted by Gasteiger charge is 2.26. The molecule has 0 saturated heterocycles. The largest absolute Gasteiger partial charge is 0.399 e. The summed E-state index contributed by atoms with van der Waals surface area (Å²) in [6.45, 7) is 0. The van der Waals surface area contributed by atoms with Gasteiger partial charge in [0.25, 0.3) is 0 Å². The zero-order chi connectivity index (χ0) is 17.0. The predicted molar refractivity (Wildman–Crippen MR) is 97.8 cm³/mol. The fraction of sp³-hybridized carbons (Fsp3) is 0.222. The molecule has 4 aromatic rings. The monoisotopic (exact) mass is 331 g/mol. The lowest BCUT2D eigenvalue weighted by Gasteiger charge is -2.25. The van der Waals surface area contributed by atoms with Crippen molar-refractivity contribution >= 4 is 33.7 Å². The highest BCUT2D eigenvalue weighted by atomic mass is 15.1. The number of nitrogens with two attached hydrogens (primary N) is 2. The molecule has 1 aromatic carbocycles. The van der Waals surface area contributed by atoms with E-state index in [-0.39, 0.29) is 0 Å². The summed E-state index contributed by atoms with van der Waals surface area (Å²) >= 11 is 0. The van der Waals surface area contributed by atoms with E-state index in [0.29, 0.717) is 23.3 Å². The summed E-state index contributed by atoms with van der Waals surface area (Å²) in [7, 11) is 0. The van der Waals surface area contributed by atoms with E-state index in [1.165, 1.54) is 6.42 Å². The van der Waals surface area contributed by atoms with Crippen LogP contribution < -0.4 is 11.5 Å². The second kappa shape index (κ2) is 5.14. The van der Waals surface area contributed by atoms with Gasteiger partial charge in [-0.2, -0.15) is 4.98 Å². The molecule has 3 aromatic heterocycles. The lowest BCUT2D eigenvalue weighted by atomic mass is 9.82. The van der Waals surface area contributed by atoms with E-state index >= 15 is 0 Å². The highest BCUT2D eigenvalue weighted by molar-refractivity contribution is 5.84. The van der Waals surface area contributed by atoms with E-state index in [9.17, 15) is 0 Å². The number of H-pyrrole nitrogens is 1. The smallest absolute Gasteiger partial charge is 0.200 e. The van der Waals surface area contributed by atoms with Crippen molar-refractivity contribution in [3.8, 4) is 11.5 Å². The Morgan fingerprint density at radius 2 is 1.84 bits per heavy atom. The zero-order valence-electron chi connectivity index (χ0n) is 13.5. The minimum atomic E-state index is 0.365. The molecule has 0 unspecified atom stereocenters. The Balaban J connectivity index is 1.70. The number of aromatic amines is 1. The molecule has 0 radical (unpaired) electrons. The molecule has 0 bridgehead atoms. The number of pyridine rings is 1. The molecule has 3 heterocycles. The van der Waals surface area contributed by atoms with E-state index in [0.717, 1.165) is 46.3 Å². The first-order valence-corrected chi connectivity index (χ1v) is 8.37. The van der Waals surface area contributed by atoms with Gasteiger partial charge in [0, 0.05) is 17.0 Å². The molecule has 5 rings (SSSR count). The molecule has 1 aliphatic rings. The van der Waals surface area contributed by atoms with Gasteiger partial charge in [-0.1, -0.05) is 12.5 Å². The molecule has 5 N–H and O–H groups in total. The van der Waals surface area contributed by atoms with Crippen molar-refractivity contribution in [1.82, 2.24) is 24.9 Å². The van der Waals surface area contributed by atoms with E-state index in [1.807, 2.05) is 30.3 Å². The molecule has 124 valence electrons. The van der Waals surface area contributed by atoms with Crippen molar-refractivity contribution in [2.24, 2.45) is 0 Å². The molecule has 0 spiro atoms. The van der Waals surface area contributed by atoms with Gasteiger partial charge in [-0.3, -0.25) is 0 Å². The van der Waals surface area contributed by atoms with Gasteiger partial charge < -0.3 is 16.5 Å². The van der Waals surface area contributed by atoms with Crippen molar-refractivity contribution in [2.75, 3.05) is 11.5 Å². The second-order valence-electron chi connectivity index (χ2n) is 6.53. The molecular weight excluding hydrogens is 314 g/mol. The molecule has 1 saturated carbocycles. The van der Waals surface area contributed by atoms with Crippen LogP contribution in [0.15, 0.2) is 30.3 Å². The van der Waals surface area contributed by atoms with Crippen LogP contribution in [0.25, 0.3) is 33.6 Å². The Labute approximate surface area is 143 Å². The number of nitrogens with one attached hydrogen (secondary N) is 1. The maximum Gasteiger partial charge on any atom is 0.200 e. The highest BCUT2D eigenvalue weighted by Crippen LogP contribution is 2.38. The van der Waals surface area contributed by atoms with Crippen LogP contribution in [0.3, 0.4) is 0 Å². The van der Waals surface area contributed by atoms with Crippen molar-refractivity contribution in [1.29, 1.82) is 0 Å². The first kappa shape index (κ1) is 14.2. The van der Waals surface area contributed by atoms with Crippen LogP contribution in [0.4, 0.5) is 11.6 Å².